The first-order valence-corrected chi connectivity index (χ1v) is 8.01. The number of benzene rings is 1. The summed E-state index contributed by atoms with van der Waals surface area (Å²) < 4.78 is 2.60. The van der Waals surface area contributed by atoms with E-state index in [-0.39, 0.29) is 5.91 Å². The number of thiophene rings is 1. The SMILES string of the molecule is O=C(Nc1ccn(Cc2ccccc2)n1)c1sccc1Br. The van der Waals surface area contributed by atoms with Crippen molar-refractivity contribution in [1.29, 1.82) is 0 Å². The van der Waals surface area contributed by atoms with Gasteiger partial charge in [0.1, 0.15) is 4.88 Å². The highest BCUT2D eigenvalue weighted by Gasteiger charge is 2.12. The molecule has 0 atom stereocenters. The molecule has 0 aliphatic heterocycles. The molecule has 3 aromatic rings. The molecule has 106 valence electrons. The van der Waals surface area contributed by atoms with Crippen molar-refractivity contribution in [3.63, 3.8) is 0 Å². The molecule has 2 aromatic heterocycles. The normalized spacial score (nSPS) is 10.5. The zero-order chi connectivity index (χ0) is 14.7. The number of nitrogens with zero attached hydrogens (tertiary/aromatic N) is 2. The van der Waals surface area contributed by atoms with E-state index in [0.717, 1.165) is 4.47 Å². The van der Waals surface area contributed by atoms with Crippen LogP contribution in [-0.2, 0) is 6.54 Å². The fourth-order valence-electron chi connectivity index (χ4n) is 1.92. The lowest BCUT2D eigenvalue weighted by Gasteiger charge is -2.02. The van der Waals surface area contributed by atoms with Gasteiger partial charge in [0.25, 0.3) is 5.91 Å². The Kier molecular flexibility index (Phi) is 4.17. The molecule has 0 fully saturated rings. The molecule has 0 radical (unpaired) electrons. The van der Waals surface area contributed by atoms with E-state index < -0.39 is 0 Å². The number of halogens is 1. The summed E-state index contributed by atoms with van der Waals surface area (Å²) in [6.07, 6.45) is 1.85. The second kappa shape index (κ2) is 6.24. The molecule has 0 aliphatic carbocycles. The molecule has 0 unspecified atom stereocenters. The summed E-state index contributed by atoms with van der Waals surface area (Å²) in [5.41, 5.74) is 1.17. The van der Waals surface area contributed by atoms with Gasteiger partial charge in [0.05, 0.1) is 6.54 Å². The predicted molar refractivity (Wildman–Crippen MR) is 87.7 cm³/mol. The minimum absolute atomic E-state index is 0.151. The Labute approximate surface area is 134 Å². The van der Waals surface area contributed by atoms with Crippen molar-refractivity contribution < 1.29 is 4.79 Å². The molecule has 1 N–H and O–H groups in total. The first-order chi connectivity index (χ1) is 10.2. The summed E-state index contributed by atoms with van der Waals surface area (Å²) in [6, 6.07) is 13.7. The number of anilines is 1. The van der Waals surface area contributed by atoms with E-state index in [9.17, 15) is 4.79 Å². The number of rotatable bonds is 4. The van der Waals surface area contributed by atoms with Gasteiger partial charge in [-0.2, -0.15) is 5.10 Å². The van der Waals surface area contributed by atoms with Crippen molar-refractivity contribution in [3.05, 3.63) is 69.0 Å². The Morgan fingerprint density at radius 2 is 2.05 bits per heavy atom. The van der Waals surface area contributed by atoms with Crippen molar-refractivity contribution in [2.75, 3.05) is 5.32 Å². The van der Waals surface area contributed by atoms with E-state index in [1.54, 1.807) is 10.7 Å². The van der Waals surface area contributed by atoms with E-state index in [2.05, 4.69) is 26.3 Å². The maximum atomic E-state index is 12.1. The molecular formula is C15H12BrN3OS. The van der Waals surface area contributed by atoms with Crippen LogP contribution in [0.15, 0.2) is 58.5 Å². The smallest absolute Gasteiger partial charge is 0.268 e. The van der Waals surface area contributed by atoms with Gasteiger partial charge < -0.3 is 5.32 Å². The summed E-state index contributed by atoms with van der Waals surface area (Å²) in [6.45, 7) is 0.680. The molecule has 0 bridgehead atoms. The summed E-state index contributed by atoms with van der Waals surface area (Å²) in [7, 11) is 0. The molecule has 0 aliphatic rings. The molecule has 4 nitrogen and oxygen atoms in total. The van der Waals surface area contributed by atoms with E-state index in [1.807, 2.05) is 48.0 Å². The highest BCUT2D eigenvalue weighted by molar-refractivity contribution is 9.10. The molecule has 2 heterocycles. The molecular weight excluding hydrogens is 350 g/mol. The monoisotopic (exact) mass is 361 g/mol. The molecule has 0 saturated heterocycles. The summed E-state index contributed by atoms with van der Waals surface area (Å²) in [5, 5.41) is 9.03. The highest BCUT2D eigenvalue weighted by Crippen LogP contribution is 2.23. The van der Waals surface area contributed by atoms with Crippen molar-refractivity contribution in [3.8, 4) is 0 Å². The lowest BCUT2D eigenvalue weighted by Crippen LogP contribution is -2.11. The lowest BCUT2D eigenvalue weighted by molar-refractivity contribution is 0.102. The van der Waals surface area contributed by atoms with E-state index in [0.29, 0.717) is 17.2 Å². The largest absolute Gasteiger partial charge is 0.304 e. The standard InChI is InChI=1S/C15H12BrN3OS/c16-12-7-9-21-14(12)15(20)17-13-6-8-19(18-13)10-11-4-2-1-3-5-11/h1-9H,10H2,(H,17,18,20). The number of carbonyl (C=O) groups is 1. The topological polar surface area (TPSA) is 46.9 Å². The highest BCUT2D eigenvalue weighted by atomic mass is 79.9. The number of carbonyl (C=O) groups excluding carboxylic acids is 1. The van der Waals surface area contributed by atoms with Crippen LogP contribution >= 0.6 is 27.3 Å². The predicted octanol–water partition coefficient (Wildman–Crippen LogP) is 4.01. The van der Waals surface area contributed by atoms with Crippen molar-refractivity contribution in [1.82, 2.24) is 9.78 Å². The Balaban J connectivity index is 1.68. The molecule has 1 amide bonds. The maximum Gasteiger partial charge on any atom is 0.268 e. The Morgan fingerprint density at radius 1 is 1.24 bits per heavy atom. The van der Waals surface area contributed by atoms with Crippen LogP contribution in [0, 0.1) is 0 Å². The maximum absolute atomic E-state index is 12.1. The second-order valence-electron chi connectivity index (χ2n) is 4.44. The first kappa shape index (κ1) is 14.0. The van der Waals surface area contributed by atoms with Gasteiger partial charge in [-0.25, -0.2) is 0 Å². The van der Waals surface area contributed by atoms with Gasteiger partial charge in [-0.1, -0.05) is 30.3 Å². The fourth-order valence-corrected chi connectivity index (χ4v) is 3.36. The minimum Gasteiger partial charge on any atom is -0.304 e. The van der Waals surface area contributed by atoms with Crippen LogP contribution in [0.4, 0.5) is 5.82 Å². The second-order valence-corrected chi connectivity index (χ2v) is 6.21. The van der Waals surface area contributed by atoms with Crippen LogP contribution in [0.2, 0.25) is 0 Å². The van der Waals surface area contributed by atoms with Crippen LogP contribution in [0.25, 0.3) is 0 Å². The van der Waals surface area contributed by atoms with Gasteiger partial charge in [-0.05, 0) is 32.9 Å². The van der Waals surface area contributed by atoms with E-state index >= 15 is 0 Å². The van der Waals surface area contributed by atoms with Crippen LogP contribution in [-0.4, -0.2) is 15.7 Å². The van der Waals surface area contributed by atoms with E-state index in [4.69, 9.17) is 0 Å². The minimum atomic E-state index is -0.151. The van der Waals surface area contributed by atoms with Crippen LogP contribution in [0.1, 0.15) is 15.2 Å². The molecule has 6 heteroatoms. The molecule has 0 saturated carbocycles. The summed E-state index contributed by atoms with van der Waals surface area (Å²) >= 11 is 4.75. The number of amides is 1. The van der Waals surface area contributed by atoms with Gasteiger partial charge >= 0.3 is 0 Å². The Bertz CT molecular complexity index is 751. The molecule has 1 aromatic carbocycles. The van der Waals surface area contributed by atoms with Crippen LogP contribution in [0.5, 0.6) is 0 Å². The van der Waals surface area contributed by atoms with Gasteiger partial charge in [-0.3, -0.25) is 9.48 Å². The lowest BCUT2D eigenvalue weighted by atomic mass is 10.2. The van der Waals surface area contributed by atoms with Gasteiger partial charge in [0.15, 0.2) is 5.82 Å². The third-order valence-electron chi connectivity index (χ3n) is 2.89. The van der Waals surface area contributed by atoms with Crippen molar-refractivity contribution in [2.45, 2.75) is 6.54 Å². The first-order valence-electron chi connectivity index (χ1n) is 6.34. The third-order valence-corrected chi connectivity index (χ3v) is 4.73. The van der Waals surface area contributed by atoms with E-state index in [1.165, 1.54) is 16.9 Å². The Hall–Kier alpha value is -1.92. The molecule has 21 heavy (non-hydrogen) atoms. The average molecular weight is 362 g/mol. The number of hydrogen-bond acceptors (Lipinski definition) is 3. The number of hydrogen-bond donors (Lipinski definition) is 1. The van der Waals surface area contributed by atoms with Gasteiger partial charge in [0, 0.05) is 16.7 Å². The molecule has 0 spiro atoms. The Morgan fingerprint density at radius 3 is 2.76 bits per heavy atom. The van der Waals surface area contributed by atoms with Gasteiger partial charge in [0.2, 0.25) is 0 Å². The van der Waals surface area contributed by atoms with Gasteiger partial charge in [-0.15, -0.1) is 11.3 Å². The van der Waals surface area contributed by atoms with Crippen LogP contribution < -0.4 is 5.32 Å². The summed E-state index contributed by atoms with van der Waals surface area (Å²) in [4.78, 5) is 12.7. The zero-order valence-corrected chi connectivity index (χ0v) is 13.4. The quantitative estimate of drug-likeness (QED) is 0.762. The molecule has 3 rings (SSSR count). The van der Waals surface area contributed by atoms with Crippen molar-refractivity contribution >= 4 is 39.0 Å². The average Bonchev–Trinajstić information content (AvgIpc) is 3.09. The summed E-state index contributed by atoms with van der Waals surface area (Å²) in [5.74, 6) is 0.401. The fraction of sp³-hybridized carbons (Fsp3) is 0.0667. The number of aromatic nitrogens is 2. The third kappa shape index (κ3) is 3.40. The van der Waals surface area contributed by atoms with Crippen LogP contribution in [0.3, 0.4) is 0 Å². The number of nitrogens with one attached hydrogen (secondary N) is 1. The van der Waals surface area contributed by atoms with Crippen molar-refractivity contribution in [2.24, 2.45) is 0 Å². The zero-order valence-electron chi connectivity index (χ0n) is 11.0.